The number of methoxy groups -OCH3 is 1. The van der Waals surface area contributed by atoms with E-state index in [1.54, 1.807) is 25.7 Å². The van der Waals surface area contributed by atoms with Crippen molar-refractivity contribution in [2.45, 2.75) is 33.0 Å². The Bertz CT molecular complexity index is 1200. The van der Waals surface area contributed by atoms with Gasteiger partial charge in [0.15, 0.2) is 11.5 Å². The van der Waals surface area contributed by atoms with Crippen molar-refractivity contribution >= 4 is 11.8 Å². The van der Waals surface area contributed by atoms with Crippen molar-refractivity contribution in [3.05, 3.63) is 60.7 Å². The molecule has 0 saturated heterocycles. The number of carbonyl (C=O) groups excluding carboxylic acids is 2. The molecule has 196 valence electrons. The Morgan fingerprint density at radius 2 is 2.05 bits per heavy atom. The summed E-state index contributed by atoms with van der Waals surface area (Å²) in [5.41, 5.74) is 1.85. The van der Waals surface area contributed by atoms with Gasteiger partial charge < -0.3 is 24.7 Å². The van der Waals surface area contributed by atoms with Crippen molar-refractivity contribution in [2.24, 2.45) is 5.92 Å². The van der Waals surface area contributed by atoms with Gasteiger partial charge in [-0.3, -0.25) is 19.5 Å². The lowest BCUT2D eigenvalue weighted by Crippen LogP contribution is -2.52. The third-order valence-corrected chi connectivity index (χ3v) is 6.22. The summed E-state index contributed by atoms with van der Waals surface area (Å²) in [4.78, 5) is 36.7. The van der Waals surface area contributed by atoms with Gasteiger partial charge in [-0.25, -0.2) is 4.98 Å². The van der Waals surface area contributed by atoms with Gasteiger partial charge >= 0.3 is 0 Å². The largest absolute Gasteiger partial charge is 0.493 e. The summed E-state index contributed by atoms with van der Waals surface area (Å²) < 4.78 is 13.6. The predicted molar refractivity (Wildman–Crippen MR) is 139 cm³/mol. The molecule has 10 nitrogen and oxygen atoms in total. The molecule has 2 aromatic heterocycles. The molecule has 0 unspecified atom stereocenters. The van der Waals surface area contributed by atoms with Gasteiger partial charge in [0, 0.05) is 56.5 Å². The first-order valence-electron chi connectivity index (χ1n) is 12.4. The number of carbonyl (C=O) groups is 2. The molecule has 1 aliphatic rings. The topological polar surface area (TPSA) is 111 Å². The van der Waals surface area contributed by atoms with Gasteiger partial charge in [-0.05, 0) is 35.7 Å². The number of ether oxygens (including phenoxy) is 2. The van der Waals surface area contributed by atoms with Crippen LogP contribution in [0.15, 0.2) is 55.1 Å². The van der Waals surface area contributed by atoms with Crippen LogP contribution in [0, 0.1) is 5.92 Å². The van der Waals surface area contributed by atoms with Gasteiger partial charge in [0.25, 0.3) is 0 Å². The van der Waals surface area contributed by atoms with E-state index in [2.05, 4.69) is 20.6 Å². The number of nitrogens with zero attached hydrogens (tertiary/aromatic N) is 4. The van der Waals surface area contributed by atoms with Gasteiger partial charge in [-0.15, -0.1) is 0 Å². The van der Waals surface area contributed by atoms with E-state index in [0.29, 0.717) is 44.3 Å². The first-order chi connectivity index (χ1) is 17.9. The van der Waals surface area contributed by atoms with E-state index in [0.717, 1.165) is 17.0 Å². The molecule has 2 N–H and O–H groups in total. The van der Waals surface area contributed by atoms with Gasteiger partial charge in [0.2, 0.25) is 11.8 Å². The molecule has 0 fully saturated rings. The Labute approximate surface area is 217 Å². The fraction of sp³-hybridized carbons (Fsp3) is 0.407. The van der Waals surface area contributed by atoms with Crippen molar-refractivity contribution in [3.63, 3.8) is 0 Å². The predicted octanol–water partition coefficient (Wildman–Crippen LogP) is 2.11. The third-order valence-electron chi connectivity index (χ3n) is 6.22. The zero-order valence-corrected chi connectivity index (χ0v) is 21.5. The Morgan fingerprint density at radius 3 is 2.81 bits per heavy atom. The molecule has 1 aromatic carbocycles. The summed E-state index contributed by atoms with van der Waals surface area (Å²) in [5.74, 6) is 1.47. The lowest BCUT2D eigenvalue weighted by molar-refractivity contribution is -0.130. The second-order valence-electron chi connectivity index (χ2n) is 9.31. The number of aromatic nitrogens is 3. The monoisotopic (exact) mass is 506 g/mol. The smallest absolute Gasteiger partial charge is 0.242 e. The van der Waals surface area contributed by atoms with Gasteiger partial charge in [-0.2, -0.15) is 0 Å². The molecule has 0 radical (unpaired) electrons. The quantitative estimate of drug-likeness (QED) is 0.558. The molecule has 3 heterocycles. The number of fused-ring (bicyclic) bond motifs is 4. The minimum atomic E-state index is -0.638. The molecule has 2 bridgehead atoms. The highest BCUT2D eigenvalue weighted by Gasteiger charge is 2.25. The minimum absolute atomic E-state index is 0.0705. The fourth-order valence-corrected chi connectivity index (χ4v) is 4.29. The third kappa shape index (κ3) is 6.85. The highest BCUT2D eigenvalue weighted by atomic mass is 16.5. The van der Waals surface area contributed by atoms with Crippen molar-refractivity contribution in [2.75, 3.05) is 33.4 Å². The van der Waals surface area contributed by atoms with Crippen LogP contribution in [0.5, 0.6) is 11.5 Å². The summed E-state index contributed by atoms with van der Waals surface area (Å²) in [6.07, 6.45) is 7.10. The van der Waals surface area contributed by atoms with Crippen LogP contribution >= 0.6 is 0 Å². The van der Waals surface area contributed by atoms with E-state index >= 15 is 0 Å². The summed E-state index contributed by atoms with van der Waals surface area (Å²) in [5, 5.41) is 5.89. The highest BCUT2D eigenvalue weighted by Crippen LogP contribution is 2.32. The molecular weight excluding hydrogens is 472 g/mol. The van der Waals surface area contributed by atoms with Crippen molar-refractivity contribution in [1.29, 1.82) is 0 Å². The Kier molecular flexibility index (Phi) is 8.73. The maximum absolute atomic E-state index is 13.0. The molecule has 37 heavy (non-hydrogen) atoms. The fourth-order valence-electron chi connectivity index (χ4n) is 4.29. The lowest BCUT2D eigenvalue weighted by Gasteiger charge is -2.25. The molecule has 10 heteroatoms. The normalized spacial score (nSPS) is 17.8. The number of pyridine rings is 1. The van der Waals surface area contributed by atoms with Crippen LogP contribution in [0.1, 0.15) is 19.4 Å². The summed E-state index contributed by atoms with van der Waals surface area (Å²) in [6, 6.07) is 8.89. The number of rotatable bonds is 4. The van der Waals surface area contributed by atoms with Crippen LogP contribution in [0.2, 0.25) is 0 Å². The molecule has 0 saturated carbocycles. The van der Waals surface area contributed by atoms with Crippen LogP contribution in [0.3, 0.4) is 0 Å². The van der Waals surface area contributed by atoms with Crippen molar-refractivity contribution in [3.8, 4) is 22.9 Å². The van der Waals surface area contributed by atoms with E-state index < -0.39 is 6.04 Å². The van der Waals surface area contributed by atoms with Crippen LogP contribution in [0.4, 0.5) is 0 Å². The van der Waals surface area contributed by atoms with Crippen LogP contribution in [-0.2, 0) is 22.7 Å². The average molecular weight is 507 g/mol. The van der Waals surface area contributed by atoms with E-state index in [-0.39, 0.29) is 24.3 Å². The molecular formula is C27H34N6O4. The Hall–Kier alpha value is -3.92. The maximum Gasteiger partial charge on any atom is 0.242 e. The first-order valence-corrected chi connectivity index (χ1v) is 12.4. The van der Waals surface area contributed by atoms with Crippen molar-refractivity contribution < 1.29 is 19.1 Å². The molecule has 3 aromatic rings. The van der Waals surface area contributed by atoms with Gasteiger partial charge in [0.05, 0.1) is 13.7 Å². The number of amides is 2. The second-order valence-corrected chi connectivity index (χ2v) is 9.31. The molecule has 1 aliphatic heterocycles. The Balaban J connectivity index is 1.62. The first kappa shape index (κ1) is 26.2. The maximum atomic E-state index is 13.0. The highest BCUT2D eigenvalue weighted by molar-refractivity contribution is 5.88. The average Bonchev–Trinajstić information content (AvgIpc) is 3.35. The Morgan fingerprint density at radius 1 is 1.19 bits per heavy atom. The van der Waals surface area contributed by atoms with Crippen molar-refractivity contribution in [1.82, 2.24) is 30.1 Å². The van der Waals surface area contributed by atoms with Crippen LogP contribution in [-0.4, -0.2) is 70.6 Å². The van der Waals surface area contributed by atoms with Gasteiger partial charge in [0.1, 0.15) is 18.5 Å². The summed E-state index contributed by atoms with van der Waals surface area (Å²) in [7, 11) is 1.60. The number of nitrogens with one attached hydrogen (secondary N) is 2. The number of imidazole rings is 1. The van der Waals surface area contributed by atoms with E-state index in [4.69, 9.17) is 9.47 Å². The van der Waals surface area contributed by atoms with Crippen LogP contribution in [0.25, 0.3) is 11.4 Å². The molecule has 0 spiro atoms. The lowest BCUT2D eigenvalue weighted by atomic mass is 10.0. The summed E-state index contributed by atoms with van der Waals surface area (Å²) in [6.45, 7) is 6.19. The number of benzene rings is 1. The molecule has 1 atom stereocenters. The second kappa shape index (κ2) is 12.4. The van der Waals surface area contributed by atoms with E-state index in [1.807, 2.05) is 59.8 Å². The zero-order chi connectivity index (χ0) is 26.2. The summed E-state index contributed by atoms with van der Waals surface area (Å²) >= 11 is 0. The molecule has 0 aliphatic carbocycles. The standard InChI is InChI=1S/C27H34N6O4/c1-19(2)25-27(35)30-10-12-33-11-9-29-26(33)21-6-7-22(36-3)23(15-21)37-14-13-32(18-24(34)31-25)17-20-5-4-8-28-16-20/h4-9,11,15-16,19,25H,10,12-14,17-18H2,1-3H3,(H,30,35)(H,31,34)/t25-/m1/s1. The number of hydrogen-bond acceptors (Lipinski definition) is 7. The minimum Gasteiger partial charge on any atom is -0.493 e. The van der Waals surface area contributed by atoms with Crippen LogP contribution < -0.4 is 20.1 Å². The molecule has 4 rings (SSSR count). The zero-order valence-electron chi connectivity index (χ0n) is 21.5. The molecule has 2 amide bonds. The SMILES string of the molecule is COc1ccc2cc1OCCN(Cc1cccnc1)CC(=O)N[C@H](C(C)C)C(=O)NCCn1ccnc1-2. The van der Waals surface area contributed by atoms with Gasteiger partial charge in [-0.1, -0.05) is 19.9 Å². The van der Waals surface area contributed by atoms with E-state index in [1.165, 1.54) is 0 Å². The number of hydrogen-bond donors (Lipinski definition) is 2. The van der Waals surface area contributed by atoms with E-state index in [9.17, 15) is 9.59 Å².